The second-order valence-electron chi connectivity index (χ2n) is 6.06. The molecule has 0 aliphatic heterocycles. The number of hydrogen-bond donors (Lipinski definition) is 0. The van der Waals surface area contributed by atoms with Crippen molar-refractivity contribution in [3.8, 4) is 0 Å². The Morgan fingerprint density at radius 3 is 1.04 bits per heavy atom. The van der Waals surface area contributed by atoms with Gasteiger partial charge in [0.2, 0.25) is 0 Å². The predicted molar refractivity (Wildman–Crippen MR) is 126 cm³/mol. The molecule has 0 aliphatic rings. The maximum atomic E-state index is 3.93. The lowest BCUT2D eigenvalue weighted by molar-refractivity contribution is 0.873. The highest BCUT2D eigenvalue weighted by atomic mass is 79.9. The molecule has 0 N–H and O–H groups in total. The molecule has 0 radical (unpaired) electrons. The van der Waals surface area contributed by atoms with E-state index in [-0.39, 0.29) is 19.3 Å². The Kier molecular flexibility index (Phi) is 7.56. The zero-order valence-electron chi connectivity index (χ0n) is 13.9. The van der Waals surface area contributed by atoms with Crippen LogP contribution < -0.4 is 0 Å². The van der Waals surface area contributed by atoms with Crippen LogP contribution in [0.1, 0.15) is 41.6 Å². The summed E-state index contributed by atoms with van der Waals surface area (Å²) >= 11 is 15.6. The third kappa shape index (κ3) is 4.70. The standard InChI is InChI=1S/C22H18Br4/c23-19(15-9-3-1-4-10-15)21(25)17-13-7-8-14-18(17)22(26)20(24)16-11-5-2-6-12-16/h1-14,19-22H/t19-,20+,21-,22+. The van der Waals surface area contributed by atoms with Crippen LogP contribution in [0.5, 0.6) is 0 Å². The monoisotopic (exact) mass is 598 g/mol. The molecule has 0 aliphatic carbocycles. The Morgan fingerprint density at radius 1 is 0.385 bits per heavy atom. The summed E-state index contributed by atoms with van der Waals surface area (Å²) in [5, 5.41) is 0. The summed E-state index contributed by atoms with van der Waals surface area (Å²) in [6.07, 6.45) is 0. The number of benzene rings is 3. The van der Waals surface area contributed by atoms with Gasteiger partial charge in [-0.05, 0) is 22.3 Å². The van der Waals surface area contributed by atoms with Crippen molar-refractivity contribution in [2.24, 2.45) is 0 Å². The highest BCUT2D eigenvalue weighted by Gasteiger charge is 2.27. The van der Waals surface area contributed by atoms with E-state index in [1.807, 2.05) is 12.1 Å². The van der Waals surface area contributed by atoms with E-state index in [2.05, 4.69) is 137 Å². The lowest BCUT2D eigenvalue weighted by Crippen LogP contribution is -2.07. The Morgan fingerprint density at radius 2 is 0.692 bits per heavy atom. The summed E-state index contributed by atoms with van der Waals surface area (Å²) in [6, 6.07) is 29.6. The van der Waals surface area contributed by atoms with E-state index in [0.717, 1.165) is 0 Å². The van der Waals surface area contributed by atoms with Crippen LogP contribution in [0.15, 0.2) is 84.9 Å². The molecule has 0 amide bonds. The van der Waals surface area contributed by atoms with Crippen molar-refractivity contribution in [1.29, 1.82) is 0 Å². The van der Waals surface area contributed by atoms with E-state index in [1.165, 1.54) is 22.3 Å². The zero-order valence-corrected chi connectivity index (χ0v) is 20.2. The van der Waals surface area contributed by atoms with Crippen molar-refractivity contribution in [1.82, 2.24) is 0 Å². The predicted octanol–water partition coefficient (Wildman–Crippen LogP) is 8.83. The normalized spacial score (nSPS) is 15.8. The molecule has 134 valence electrons. The molecule has 4 heteroatoms. The molecular weight excluding hydrogens is 584 g/mol. The minimum Gasteiger partial charge on any atom is -0.0823 e. The van der Waals surface area contributed by atoms with Crippen molar-refractivity contribution in [3.05, 3.63) is 107 Å². The van der Waals surface area contributed by atoms with Gasteiger partial charge in [0, 0.05) is 0 Å². The van der Waals surface area contributed by atoms with Crippen molar-refractivity contribution in [3.63, 3.8) is 0 Å². The molecule has 0 fully saturated rings. The van der Waals surface area contributed by atoms with Crippen LogP contribution in [-0.4, -0.2) is 0 Å². The van der Waals surface area contributed by atoms with Gasteiger partial charge in [-0.2, -0.15) is 0 Å². The van der Waals surface area contributed by atoms with Crippen molar-refractivity contribution >= 4 is 63.7 Å². The molecule has 4 atom stereocenters. The molecular formula is C22H18Br4. The minimum absolute atomic E-state index is 0.164. The third-order valence-corrected chi connectivity index (χ3v) is 9.92. The maximum absolute atomic E-state index is 3.93. The average molecular weight is 602 g/mol. The first-order valence-corrected chi connectivity index (χ1v) is 12.0. The molecule has 0 aromatic heterocycles. The summed E-state index contributed by atoms with van der Waals surface area (Å²) in [7, 11) is 0. The van der Waals surface area contributed by atoms with Gasteiger partial charge in [0.25, 0.3) is 0 Å². The number of halogens is 4. The van der Waals surface area contributed by atoms with E-state index in [9.17, 15) is 0 Å². The summed E-state index contributed by atoms with van der Waals surface area (Å²) in [5.41, 5.74) is 5.07. The number of rotatable bonds is 6. The van der Waals surface area contributed by atoms with Gasteiger partial charge >= 0.3 is 0 Å². The SMILES string of the molecule is Br[C@H](c1ccccc1)[C@H](Br)c1ccccc1[C@H](Br)[C@@H](Br)c1ccccc1. The molecule has 3 rings (SSSR count). The molecule has 3 aromatic carbocycles. The van der Waals surface area contributed by atoms with E-state index in [0.29, 0.717) is 0 Å². The van der Waals surface area contributed by atoms with Crippen LogP contribution in [0, 0.1) is 0 Å². The lowest BCUT2D eigenvalue weighted by Gasteiger charge is -2.25. The smallest absolute Gasteiger partial charge is 0.0564 e. The van der Waals surface area contributed by atoms with Crippen LogP contribution in [0.3, 0.4) is 0 Å². The third-order valence-electron chi connectivity index (χ3n) is 4.34. The molecule has 0 heterocycles. The summed E-state index contributed by atoms with van der Waals surface area (Å²) in [4.78, 5) is 0.707. The van der Waals surface area contributed by atoms with Gasteiger partial charge < -0.3 is 0 Å². The first-order chi connectivity index (χ1) is 12.6. The second-order valence-corrected chi connectivity index (χ2v) is 10.0. The summed E-state index contributed by atoms with van der Waals surface area (Å²) in [6.45, 7) is 0. The zero-order chi connectivity index (χ0) is 18.5. The molecule has 0 spiro atoms. The van der Waals surface area contributed by atoms with Gasteiger partial charge in [-0.15, -0.1) is 0 Å². The van der Waals surface area contributed by atoms with Gasteiger partial charge in [0.05, 0.1) is 19.3 Å². The second kappa shape index (κ2) is 9.68. The van der Waals surface area contributed by atoms with Crippen molar-refractivity contribution in [2.75, 3.05) is 0 Å². The largest absolute Gasteiger partial charge is 0.0823 e. The lowest BCUT2D eigenvalue weighted by atomic mass is 9.95. The molecule has 0 saturated carbocycles. The van der Waals surface area contributed by atoms with Crippen LogP contribution in [0.2, 0.25) is 0 Å². The first kappa shape index (κ1) is 20.3. The Hall–Kier alpha value is -0.420. The topological polar surface area (TPSA) is 0 Å². The Balaban J connectivity index is 1.90. The highest BCUT2D eigenvalue weighted by molar-refractivity contribution is 9.12. The van der Waals surface area contributed by atoms with Crippen LogP contribution in [-0.2, 0) is 0 Å². The summed E-state index contributed by atoms with van der Waals surface area (Å²) in [5.74, 6) is 0. The molecule has 0 bridgehead atoms. The quantitative estimate of drug-likeness (QED) is 0.248. The van der Waals surface area contributed by atoms with Crippen LogP contribution in [0.25, 0.3) is 0 Å². The fraction of sp³-hybridized carbons (Fsp3) is 0.182. The van der Waals surface area contributed by atoms with Gasteiger partial charge in [-0.25, -0.2) is 0 Å². The Labute approximate surface area is 188 Å². The minimum atomic E-state index is 0.164. The van der Waals surface area contributed by atoms with E-state index < -0.39 is 0 Å². The van der Waals surface area contributed by atoms with Crippen molar-refractivity contribution in [2.45, 2.75) is 19.3 Å². The first-order valence-electron chi connectivity index (χ1n) is 8.34. The molecule has 26 heavy (non-hydrogen) atoms. The summed E-state index contributed by atoms with van der Waals surface area (Å²) < 4.78 is 0. The maximum Gasteiger partial charge on any atom is 0.0564 e. The highest BCUT2D eigenvalue weighted by Crippen LogP contribution is 2.49. The molecule has 0 saturated heterocycles. The Bertz CT molecular complexity index is 749. The van der Waals surface area contributed by atoms with Gasteiger partial charge in [-0.3, -0.25) is 0 Å². The average Bonchev–Trinajstić information content (AvgIpc) is 2.73. The van der Waals surface area contributed by atoms with Crippen molar-refractivity contribution < 1.29 is 0 Å². The van der Waals surface area contributed by atoms with E-state index in [4.69, 9.17) is 0 Å². The molecule has 0 nitrogen and oxygen atoms in total. The van der Waals surface area contributed by atoms with Crippen LogP contribution >= 0.6 is 63.7 Å². The fourth-order valence-corrected chi connectivity index (χ4v) is 5.56. The van der Waals surface area contributed by atoms with Gasteiger partial charge in [0.1, 0.15) is 0 Å². The molecule has 3 aromatic rings. The van der Waals surface area contributed by atoms with E-state index >= 15 is 0 Å². The van der Waals surface area contributed by atoms with Crippen LogP contribution in [0.4, 0.5) is 0 Å². The fourth-order valence-electron chi connectivity index (χ4n) is 2.94. The van der Waals surface area contributed by atoms with E-state index in [1.54, 1.807) is 0 Å². The molecule has 0 unspecified atom stereocenters. The number of alkyl halides is 4. The number of hydrogen-bond acceptors (Lipinski definition) is 0. The van der Waals surface area contributed by atoms with Gasteiger partial charge in [-0.1, -0.05) is 149 Å². The van der Waals surface area contributed by atoms with Gasteiger partial charge in [0.15, 0.2) is 0 Å².